The molecule has 0 saturated heterocycles. The molecule has 0 aromatic heterocycles. The Balaban J connectivity index is 2.48. The van der Waals surface area contributed by atoms with Gasteiger partial charge >= 0.3 is 0 Å². The quantitative estimate of drug-likeness (QED) is 0.665. The maximum Gasteiger partial charge on any atom is 0.247 e. The number of carbonyl (C=O) groups excluding carboxylic acids is 1. The fraction of sp³-hybridized carbons (Fsp3) is 0.364. The van der Waals surface area contributed by atoms with E-state index >= 15 is 0 Å². The minimum absolute atomic E-state index is 0.0166. The second-order valence-corrected chi connectivity index (χ2v) is 3.64. The van der Waals surface area contributed by atoms with Gasteiger partial charge in [0.05, 0.1) is 0 Å². The lowest BCUT2D eigenvalue weighted by Gasteiger charge is -2.09. The van der Waals surface area contributed by atoms with Crippen molar-refractivity contribution in [3.8, 4) is 0 Å². The second kappa shape index (κ2) is 5.58. The van der Waals surface area contributed by atoms with Crippen molar-refractivity contribution in [2.75, 3.05) is 6.54 Å². The van der Waals surface area contributed by atoms with Gasteiger partial charge in [0.25, 0.3) is 0 Å². The molecule has 0 spiro atoms. The van der Waals surface area contributed by atoms with Crippen LogP contribution in [0.4, 0.5) is 4.39 Å². The molecule has 1 rings (SSSR count). The van der Waals surface area contributed by atoms with Crippen LogP contribution >= 0.6 is 0 Å². The van der Waals surface area contributed by atoms with E-state index in [2.05, 4.69) is 5.32 Å². The molecule has 1 aromatic carbocycles. The summed E-state index contributed by atoms with van der Waals surface area (Å²) in [4.78, 5) is 10.5. The van der Waals surface area contributed by atoms with Gasteiger partial charge < -0.3 is 16.2 Å². The third-order valence-corrected chi connectivity index (χ3v) is 2.18. The van der Waals surface area contributed by atoms with Gasteiger partial charge in [0.2, 0.25) is 5.91 Å². The number of aryl methyl sites for hydroxylation is 1. The van der Waals surface area contributed by atoms with E-state index in [1.165, 1.54) is 6.07 Å². The van der Waals surface area contributed by atoms with Crippen LogP contribution in [0, 0.1) is 12.7 Å². The van der Waals surface area contributed by atoms with Crippen LogP contribution in [0.2, 0.25) is 0 Å². The van der Waals surface area contributed by atoms with Crippen molar-refractivity contribution >= 4 is 5.91 Å². The number of benzene rings is 1. The van der Waals surface area contributed by atoms with Crippen molar-refractivity contribution in [2.45, 2.75) is 19.6 Å². The van der Waals surface area contributed by atoms with Crippen molar-refractivity contribution in [1.29, 1.82) is 0 Å². The lowest BCUT2D eigenvalue weighted by atomic mass is 10.1. The number of primary amides is 1. The smallest absolute Gasteiger partial charge is 0.247 e. The molecule has 5 heteroatoms. The number of nitrogens with one attached hydrogen (secondary N) is 1. The van der Waals surface area contributed by atoms with Crippen LogP contribution in [-0.4, -0.2) is 23.7 Å². The van der Waals surface area contributed by atoms with Crippen LogP contribution in [-0.2, 0) is 11.3 Å². The van der Waals surface area contributed by atoms with E-state index in [4.69, 9.17) is 10.8 Å². The Morgan fingerprint density at radius 3 is 2.94 bits per heavy atom. The molecule has 88 valence electrons. The summed E-state index contributed by atoms with van der Waals surface area (Å²) in [6, 6.07) is 4.77. The summed E-state index contributed by atoms with van der Waals surface area (Å²) in [7, 11) is 0. The molecular formula is C11H15FN2O2. The topological polar surface area (TPSA) is 75.3 Å². The van der Waals surface area contributed by atoms with Crippen LogP contribution in [0.25, 0.3) is 0 Å². The molecule has 0 aliphatic heterocycles. The molecule has 1 atom stereocenters. The summed E-state index contributed by atoms with van der Waals surface area (Å²) in [6.07, 6.45) is -1.24. The van der Waals surface area contributed by atoms with Gasteiger partial charge in [0.1, 0.15) is 11.9 Å². The predicted octanol–water partition coefficient (Wildman–Crippen LogP) is 0.0699. The number of hydrogen-bond acceptors (Lipinski definition) is 3. The summed E-state index contributed by atoms with van der Waals surface area (Å²) in [5.41, 5.74) is 6.32. The van der Waals surface area contributed by atoms with Gasteiger partial charge in [-0.3, -0.25) is 4.79 Å². The summed E-state index contributed by atoms with van der Waals surface area (Å²) >= 11 is 0. The minimum Gasteiger partial charge on any atom is -0.382 e. The maximum atomic E-state index is 13.3. The van der Waals surface area contributed by atoms with Gasteiger partial charge in [-0.25, -0.2) is 4.39 Å². The van der Waals surface area contributed by atoms with E-state index in [0.29, 0.717) is 5.56 Å². The van der Waals surface area contributed by atoms with E-state index in [1.54, 1.807) is 12.1 Å². The third kappa shape index (κ3) is 3.60. The standard InChI is InChI=1S/C11H15FN2O2/c1-7-2-3-9(12)8(4-7)5-14-6-10(15)11(13)16/h2-4,10,14-15H,5-6H2,1H3,(H2,13,16). The molecule has 0 bridgehead atoms. The molecule has 0 saturated carbocycles. The van der Waals surface area contributed by atoms with Crippen LogP contribution in [0.15, 0.2) is 18.2 Å². The normalized spacial score (nSPS) is 12.4. The maximum absolute atomic E-state index is 13.3. The Kier molecular flexibility index (Phi) is 4.39. The van der Waals surface area contributed by atoms with E-state index < -0.39 is 12.0 Å². The average Bonchev–Trinajstić information content (AvgIpc) is 2.22. The molecule has 4 N–H and O–H groups in total. The molecule has 1 aromatic rings. The Hall–Kier alpha value is -1.46. The van der Waals surface area contributed by atoms with Crippen LogP contribution in [0.1, 0.15) is 11.1 Å². The molecule has 0 fully saturated rings. The first-order chi connectivity index (χ1) is 7.50. The molecule has 0 radical (unpaired) electrons. The molecular weight excluding hydrogens is 211 g/mol. The van der Waals surface area contributed by atoms with Gasteiger partial charge in [-0.1, -0.05) is 17.7 Å². The highest BCUT2D eigenvalue weighted by atomic mass is 19.1. The Morgan fingerprint density at radius 1 is 1.62 bits per heavy atom. The molecule has 0 aliphatic rings. The second-order valence-electron chi connectivity index (χ2n) is 3.64. The summed E-state index contributed by atoms with van der Waals surface area (Å²) in [5, 5.41) is 11.9. The highest BCUT2D eigenvalue weighted by Gasteiger charge is 2.10. The predicted molar refractivity (Wildman–Crippen MR) is 58.0 cm³/mol. The number of carbonyl (C=O) groups is 1. The highest BCUT2D eigenvalue weighted by molar-refractivity contribution is 5.78. The zero-order valence-electron chi connectivity index (χ0n) is 9.03. The van der Waals surface area contributed by atoms with Crippen molar-refractivity contribution in [3.05, 3.63) is 35.1 Å². The van der Waals surface area contributed by atoms with E-state index in [-0.39, 0.29) is 18.9 Å². The van der Waals surface area contributed by atoms with Gasteiger partial charge in [0, 0.05) is 18.7 Å². The number of amides is 1. The first-order valence-corrected chi connectivity index (χ1v) is 4.94. The summed E-state index contributed by atoms with van der Waals surface area (Å²) < 4.78 is 13.3. The van der Waals surface area contributed by atoms with Crippen LogP contribution in [0.3, 0.4) is 0 Å². The Labute approximate surface area is 93.3 Å². The lowest BCUT2D eigenvalue weighted by molar-refractivity contribution is -0.125. The number of nitrogens with two attached hydrogens (primary N) is 1. The van der Waals surface area contributed by atoms with Gasteiger partial charge in [-0.15, -0.1) is 0 Å². The van der Waals surface area contributed by atoms with Crippen molar-refractivity contribution in [3.63, 3.8) is 0 Å². The fourth-order valence-corrected chi connectivity index (χ4v) is 1.28. The van der Waals surface area contributed by atoms with Crippen molar-refractivity contribution < 1.29 is 14.3 Å². The zero-order valence-corrected chi connectivity index (χ0v) is 9.03. The molecule has 1 amide bonds. The SMILES string of the molecule is Cc1ccc(F)c(CNCC(O)C(N)=O)c1. The largest absolute Gasteiger partial charge is 0.382 e. The van der Waals surface area contributed by atoms with Gasteiger partial charge in [0.15, 0.2) is 0 Å². The molecule has 16 heavy (non-hydrogen) atoms. The first kappa shape index (κ1) is 12.6. The Morgan fingerprint density at radius 2 is 2.31 bits per heavy atom. The molecule has 0 heterocycles. The fourth-order valence-electron chi connectivity index (χ4n) is 1.28. The summed E-state index contributed by atoms with van der Waals surface area (Å²) in [5.74, 6) is -1.11. The van der Waals surface area contributed by atoms with Gasteiger partial charge in [-0.2, -0.15) is 0 Å². The number of aliphatic hydroxyl groups is 1. The van der Waals surface area contributed by atoms with E-state index in [0.717, 1.165) is 5.56 Å². The van der Waals surface area contributed by atoms with Crippen LogP contribution in [0.5, 0.6) is 0 Å². The highest BCUT2D eigenvalue weighted by Crippen LogP contribution is 2.09. The number of rotatable bonds is 5. The average molecular weight is 226 g/mol. The number of hydrogen-bond donors (Lipinski definition) is 3. The van der Waals surface area contributed by atoms with Crippen molar-refractivity contribution in [2.24, 2.45) is 5.73 Å². The summed E-state index contributed by atoms with van der Waals surface area (Å²) in [6.45, 7) is 2.13. The monoisotopic (exact) mass is 226 g/mol. The zero-order chi connectivity index (χ0) is 12.1. The third-order valence-electron chi connectivity index (χ3n) is 2.18. The number of halogens is 1. The van der Waals surface area contributed by atoms with Gasteiger partial charge in [-0.05, 0) is 13.0 Å². The molecule has 1 unspecified atom stereocenters. The van der Waals surface area contributed by atoms with E-state index in [9.17, 15) is 9.18 Å². The molecule has 0 aliphatic carbocycles. The first-order valence-electron chi connectivity index (χ1n) is 4.94. The number of aliphatic hydroxyl groups excluding tert-OH is 1. The van der Waals surface area contributed by atoms with E-state index in [1.807, 2.05) is 6.92 Å². The molecule has 4 nitrogen and oxygen atoms in total. The van der Waals surface area contributed by atoms with Crippen molar-refractivity contribution in [1.82, 2.24) is 5.32 Å². The minimum atomic E-state index is -1.24. The lowest BCUT2D eigenvalue weighted by Crippen LogP contribution is -2.37. The Bertz CT molecular complexity index is 382. The van der Waals surface area contributed by atoms with Crippen LogP contribution < -0.4 is 11.1 Å².